The van der Waals surface area contributed by atoms with Crippen LogP contribution in [-0.2, 0) is 4.79 Å². The molecule has 2 N–H and O–H groups in total. The largest absolute Gasteiger partial charge is 0.493 e. The maximum Gasteiger partial charge on any atom is 0.262 e. The topological polar surface area (TPSA) is 98.2 Å². The zero-order valence-electron chi connectivity index (χ0n) is 18.1. The van der Waals surface area contributed by atoms with E-state index in [9.17, 15) is 9.59 Å². The Morgan fingerprint density at radius 1 is 1.00 bits per heavy atom. The van der Waals surface area contributed by atoms with Gasteiger partial charge in [0.2, 0.25) is 5.75 Å². The Labute approximate surface area is 190 Å². The van der Waals surface area contributed by atoms with Crippen LogP contribution in [0.5, 0.6) is 17.2 Å². The minimum Gasteiger partial charge on any atom is -0.493 e. The fourth-order valence-electron chi connectivity index (χ4n) is 2.76. The molecule has 2 aromatic carbocycles. The zero-order valence-corrected chi connectivity index (χ0v) is 19.6. The third kappa shape index (κ3) is 6.45. The van der Waals surface area contributed by atoms with Gasteiger partial charge in [0.05, 0.1) is 27.5 Å². The van der Waals surface area contributed by atoms with Gasteiger partial charge in [-0.25, -0.2) is 5.43 Å². The van der Waals surface area contributed by atoms with Crippen LogP contribution in [-0.4, -0.2) is 45.4 Å². The Morgan fingerprint density at radius 3 is 2.06 bits per heavy atom. The van der Waals surface area contributed by atoms with Crippen molar-refractivity contribution in [1.29, 1.82) is 0 Å². The van der Waals surface area contributed by atoms with Crippen LogP contribution in [0.15, 0.2) is 46.0 Å². The van der Waals surface area contributed by atoms with Gasteiger partial charge in [0.25, 0.3) is 11.8 Å². The molecule has 0 spiro atoms. The molecule has 2 aromatic rings. The Hall–Kier alpha value is -3.07. The van der Waals surface area contributed by atoms with E-state index in [1.54, 1.807) is 0 Å². The third-order valence-electron chi connectivity index (χ3n) is 4.42. The van der Waals surface area contributed by atoms with Crippen molar-refractivity contribution in [3.05, 3.63) is 52.0 Å². The van der Waals surface area contributed by atoms with Crippen molar-refractivity contribution in [3.63, 3.8) is 0 Å². The fraction of sp³-hybridized carbons (Fsp3) is 0.318. The maximum absolute atomic E-state index is 12.8. The maximum atomic E-state index is 12.8. The van der Waals surface area contributed by atoms with Crippen LogP contribution in [0.4, 0.5) is 0 Å². The highest BCUT2D eigenvalue weighted by atomic mass is 79.9. The Kier molecular flexibility index (Phi) is 8.87. The van der Waals surface area contributed by atoms with Crippen LogP contribution in [0.2, 0.25) is 0 Å². The van der Waals surface area contributed by atoms with Gasteiger partial charge in [0.15, 0.2) is 11.5 Å². The molecule has 1 unspecified atom stereocenters. The van der Waals surface area contributed by atoms with Crippen LogP contribution in [0.25, 0.3) is 0 Å². The number of carbonyl (C=O) groups is 2. The first-order valence-electron chi connectivity index (χ1n) is 9.50. The molecular weight excluding hydrogens is 466 g/mol. The second-order valence-electron chi connectivity index (χ2n) is 6.89. The molecule has 31 heavy (non-hydrogen) atoms. The van der Waals surface area contributed by atoms with Gasteiger partial charge in [-0.05, 0) is 35.7 Å². The molecule has 0 saturated carbocycles. The summed E-state index contributed by atoms with van der Waals surface area (Å²) >= 11 is 3.36. The molecular formula is C22H26BrN3O5. The lowest BCUT2D eigenvalue weighted by atomic mass is 10.0. The molecule has 0 aliphatic carbocycles. The number of benzene rings is 2. The number of amides is 2. The molecule has 2 rings (SSSR count). The fourth-order valence-corrected chi connectivity index (χ4v) is 3.02. The predicted octanol–water partition coefficient (Wildman–Crippen LogP) is 3.38. The number of ether oxygens (including phenoxy) is 3. The third-order valence-corrected chi connectivity index (χ3v) is 4.95. The van der Waals surface area contributed by atoms with Crippen LogP contribution in [0.3, 0.4) is 0 Å². The second-order valence-corrected chi connectivity index (χ2v) is 7.81. The molecule has 0 aliphatic heterocycles. The van der Waals surface area contributed by atoms with Crippen LogP contribution in [0.1, 0.15) is 29.8 Å². The summed E-state index contributed by atoms with van der Waals surface area (Å²) < 4.78 is 16.8. The normalized spacial score (nSPS) is 11.8. The number of methoxy groups -OCH3 is 3. The van der Waals surface area contributed by atoms with Crippen LogP contribution < -0.4 is 25.0 Å². The average Bonchev–Trinajstić information content (AvgIpc) is 2.77. The van der Waals surface area contributed by atoms with Crippen molar-refractivity contribution >= 4 is 34.0 Å². The van der Waals surface area contributed by atoms with Crippen molar-refractivity contribution in [1.82, 2.24) is 10.7 Å². The van der Waals surface area contributed by atoms with Gasteiger partial charge >= 0.3 is 0 Å². The van der Waals surface area contributed by atoms with Gasteiger partial charge in [-0.3, -0.25) is 9.59 Å². The summed E-state index contributed by atoms with van der Waals surface area (Å²) in [5, 5.41) is 6.73. The van der Waals surface area contributed by atoms with Gasteiger partial charge in [-0.15, -0.1) is 0 Å². The summed E-state index contributed by atoms with van der Waals surface area (Å²) in [6.07, 6.45) is 1.53. The highest BCUT2D eigenvalue weighted by Crippen LogP contribution is 2.38. The first-order chi connectivity index (χ1) is 14.8. The smallest absolute Gasteiger partial charge is 0.262 e. The molecule has 166 valence electrons. The van der Waals surface area contributed by atoms with E-state index in [2.05, 4.69) is 31.8 Å². The zero-order chi connectivity index (χ0) is 23.0. The number of nitrogens with zero attached hydrogens (tertiary/aromatic N) is 1. The summed E-state index contributed by atoms with van der Waals surface area (Å²) in [5.74, 6) is 0.0123. The SMILES string of the molecule is COc1cc(C(=O)NC(C(=O)N/N=C/c2ccc(Br)cc2)C(C)C)cc(OC)c1OC. The highest BCUT2D eigenvalue weighted by Gasteiger charge is 2.26. The van der Waals surface area contributed by atoms with E-state index in [4.69, 9.17) is 14.2 Å². The van der Waals surface area contributed by atoms with Gasteiger partial charge in [0.1, 0.15) is 6.04 Å². The lowest BCUT2D eigenvalue weighted by Gasteiger charge is -2.21. The van der Waals surface area contributed by atoms with E-state index in [-0.39, 0.29) is 11.5 Å². The summed E-state index contributed by atoms with van der Waals surface area (Å²) in [6, 6.07) is 9.71. The number of nitrogens with one attached hydrogen (secondary N) is 2. The molecule has 9 heteroatoms. The number of halogens is 1. The summed E-state index contributed by atoms with van der Waals surface area (Å²) in [4.78, 5) is 25.5. The minimum absolute atomic E-state index is 0.172. The number of hydrogen-bond donors (Lipinski definition) is 2. The molecule has 0 saturated heterocycles. The average molecular weight is 492 g/mol. The summed E-state index contributed by atoms with van der Waals surface area (Å²) in [5.41, 5.74) is 3.58. The van der Waals surface area contributed by atoms with Crippen molar-refractivity contribution in [2.24, 2.45) is 11.0 Å². The molecule has 0 heterocycles. The molecule has 2 amide bonds. The van der Waals surface area contributed by atoms with Crippen molar-refractivity contribution in [2.45, 2.75) is 19.9 Å². The number of rotatable bonds is 9. The molecule has 0 bridgehead atoms. The highest BCUT2D eigenvalue weighted by molar-refractivity contribution is 9.10. The van der Waals surface area contributed by atoms with Gasteiger partial charge in [-0.1, -0.05) is 41.9 Å². The summed E-state index contributed by atoms with van der Waals surface area (Å²) in [7, 11) is 4.41. The molecule has 0 aliphatic rings. The van der Waals surface area contributed by atoms with E-state index in [1.807, 2.05) is 38.1 Å². The molecule has 0 aromatic heterocycles. The van der Waals surface area contributed by atoms with E-state index >= 15 is 0 Å². The van der Waals surface area contributed by atoms with Crippen LogP contribution in [0, 0.1) is 5.92 Å². The van der Waals surface area contributed by atoms with E-state index < -0.39 is 17.9 Å². The lowest BCUT2D eigenvalue weighted by molar-refractivity contribution is -0.123. The first-order valence-corrected chi connectivity index (χ1v) is 10.3. The van der Waals surface area contributed by atoms with Crippen molar-refractivity contribution in [2.75, 3.05) is 21.3 Å². The van der Waals surface area contributed by atoms with Crippen molar-refractivity contribution in [3.8, 4) is 17.2 Å². The summed E-state index contributed by atoms with van der Waals surface area (Å²) in [6.45, 7) is 3.66. The number of carbonyl (C=O) groups excluding carboxylic acids is 2. The molecule has 1 atom stereocenters. The first kappa shape index (κ1) is 24.2. The monoisotopic (exact) mass is 491 g/mol. The number of hydrogen-bond acceptors (Lipinski definition) is 6. The van der Waals surface area contributed by atoms with Crippen molar-refractivity contribution < 1.29 is 23.8 Å². The van der Waals surface area contributed by atoms with Gasteiger partial charge < -0.3 is 19.5 Å². The molecule has 0 radical (unpaired) electrons. The molecule has 0 fully saturated rings. The Balaban J connectivity index is 2.14. The lowest BCUT2D eigenvalue weighted by Crippen LogP contribution is -2.48. The number of hydrazone groups is 1. The predicted molar refractivity (Wildman–Crippen MR) is 122 cm³/mol. The standard InChI is InChI=1S/C22H26BrN3O5/c1-13(2)19(22(28)26-24-12-14-6-8-16(23)9-7-14)25-21(27)15-10-17(29-3)20(31-5)18(11-15)30-4/h6-13,19H,1-5H3,(H,25,27)(H,26,28)/b24-12+. The van der Waals surface area contributed by atoms with E-state index in [0.717, 1.165) is 10.0 Å². The Bertz CT molecular complexity index is 920. The molecule has 8 nitrogen and oxygen atoms in total. The van der Waals surface area contributed by atoms with Gasteiger partial charge in [0, 0.05) is 10.0 Å². The Morgan fingerprint density at radius 2 is 1.58 bits per heavy atom. The van der Waals surface area contributed by atoms with E-state index in [1.165, 1.54) is 39.7 Å². The van der Waals surface area contributed by atoms with Gasteiger partial charge in [-0.2, -0.15) is 5.10 Å². The van der Waals surface area contributed by atoms with Crippen LogP contribution >= 0.6 is 15.9 Å². The minimum atomic E-state index is -0.798. The van der Waals surface area contributed by atoms with E-state index in [0.29, 0.717) is 17.2 Å². The second kappa shape index (κ2) is 11.4. The quantitative estimate of drug-likeness (QED) is 0.413.